The number of thiol groups is 1. The number of anilines is 1. The highest BCUT2D eigenvalue weighted by Crippen LogP contribution is 2.54. The zero-order valence-corrected chi connectivity index (χ0v) is 19.6. The van der Waals surface area contributed by atoms with Crippen LogP contribution in [0.4, 0.5) is 5.82 Å². The first-order valence-corrected chi connectivity index (χ1v) is 12.2. The fraction of sp³-hybridized carbons (Fsp3) is 0.591. The van der Waals surface area contributed by atoms with Gasteiger partial charge in [0.15, 0.2) is 0 Å². The Kier molecular flexibility index (Phi) is 8.85. The first-order valence-electron chi connectivity index (χ1n) is 10.9. The van der Waals surface area contributed by atoms with E-state index < -0.39 is 0 Å². The Balaban J connectivity index is 0.00000132. The van der Waals surface area contributed by atoms with Gasteiger partial charge in [-0.3, -0.25) is 4.79 Å². The van der Waals surface area contributed by atoms with Crippen LogP contribution in [-0.4, -0.2) is 40.0 Å². The van der Waals surface area contributed by atoms with Crippen LogP contribution >= 0.6 is 24.2 Å². The maximum absolute atomic E-state index is 13.2. The Morgan fingerprint density at radius 3 is 2.94 bits per heavy atom. The summed E-state index contributed by atoms with van der Waals surface area (Å²) >= 11 is 4.03. The molecule has 0 aromatic carbocycles. The van der Waals surface area contributed by atoms with Crippen molar-refractivity contribution >= 4 is 35.8 Å². The molecule has 2 atom stereocenters. The quantitative estimate of drug-likeness (QED) is 0.235. The minimum atomic E-state index is -0.166. The predicted octanol–water partition coefficient (Wildman–Crippen LogP) is 4.36. The predicted molar refractivity (Wildman–Crippen MR) is 127 cm³/mol. The summed E-state index contributed by atoms with van der Waals surface area (Å²) in [6.45, 7) is 4.38. The van der Waals surface area contributed by atoms with Gasteiger partial charge in [0, 0.05) is 19.3 Å². The topological polar surface area (TPSA) is 110 Å². The first kappa shape index (κ1) is 24.1. The molecular weight excluding hydrogens is 432 g/mol. The van der Waals surface area contributed by atoms with Crippen molar-refractivity contribution in [2.24, 2.45) is 17.6 Å². The van der Waals surface area contributed by atoms with Crippen LogP contribution in [0.15, 0.2) is 24.0 Å². The standard InChI is InChI=1S/C22H30N4O2S.H2OS/c1-2-15(11-23)6-8-25-21-18(12-24-14-26-21)20(27)19-10-17(13-29-19)22(16-4-5-16)7-3-9-28-22;1-2/h10,12-16H,2-9,11,23H2,1H3,(H,24,25,26);1-2H. The Hall–Kier alpha value is -1.52. The molecule has 2 aromatic heterocycles. The number of nitrogens with one attached hydrogen (secondary N) is 1. The molecule has 0 radical (unpaired) electrons. The molecule has 3 heterocycles. The van der Waals surface area contributed by atoms with Crippen molar-refractivity contribution in [3.63, 3.8) is 0 Å². The van der Waals surface area contributed by atoms with Crippen LogP contribution in [0.1, 0.15) is 66.2 Å². The van der Waals surface area contributed by atoms with E-state index in [1.807, 2.05) is 6.07 Å². The zero-order chi connectivity index (χ0) is 22.3. The van der Waals surface area contributed by atoms with E-state index in [-0.39, 0.29) is 11.4 Å². The molecule has 2 aromatic rings. The van der Waals surface area contributed by atoms with Crippen molar-refractivity contribution in [1.82, 2.24) is 9.97 Å². The van der Waals surface area contributed by atoms with Crippen LogP contribution in [-0.2, 0) is 10.3 Å². The van der Waals surface area contributed by atoms with Crippen LogP contribution < -0.4 is 11.1 Å². The van der Waals surface area contributed by atoms with Gasteiger partial charge in [-0.1, -0.05) is 13.3 Å². The molecule has 2 fully saturated rings. The maximum atomic E-state index is 13.2. The normalized spacial score (nSPS) is 21.3. The van der Waals surface area contributed by atoms with E-state index in [4.69, 9.17) is 15.0 Å². The Labute approximate surface area is 193 Å². The van der Waals surface area contributed by atoms with E-state index in [0.29, 0.717) is 29.8 Å². The van der Waals surface area contributed by atoms with Gasteiger partial charge >= 0.3 is 0 Å². The summed E-state index contributed by atoms with van der Waals surface area (Å²) in [4.78, 5) is 22.4. The summed E-state index contributed by atoms with van der Waals surface area (Å²) in [5.41, 5.74) is 7.32. The number of aromatic nitrogens is 2. The fourth-order valence-corrected chi connectivity index (χ4v) is 5.26. The summed E-state index contributed by atoms with van der Waals surface area (Å²) in [5, 5.41) is 5.43. The van der Waals surface area contributed by atoms with Crippen molar-refractivity contribution < 1.29 is 14.1 Å². The zero-order valence-electron chi connectivity index (χ0n) is 17.9. The van der Waals surface area contributed by atoms with E-state index in [9.17, 15) is 4.79 Å². The monoisotopic (exact) mass is 464 g/mol. The lowest BCUT2D eigenvalue weighted by Gasteiger charge is -2.27. The lowest BCUT2D eigenvalue weighted by Crippen LogP contribution is -2.26. The molecule has 1 saturated heterocycles. The molecule has 4 rings (SSSR count). The van der Waals surface area contributed by atoms with Crippen LogP contribution in [0.25, 0.3) is 0 Å². The van der Waals surface area contributed by atoms with E-state index in [1.165, 1.54) is 36.1 Å². The second-order valence-corrected chi connectivity index (χ2v) is 9.07. The minimum absolute atomic E-state index is 0.0286. The van der Waals surface area contributed by atoms with Gasteiger partial charge in [0.1, 0.15) is 12.1 Å². The van der Waals surface area contributed by atoms with Gasteiger partial charge in [0.2, 0.25) is 5.78 Å². The highest BCUT2D eigenvalue weighted by Gasteiger charge is 2.50. The van der Waals surface area contributed by atoms with Gasteiger partial charge in [-0.15, -0.1) is 11.3 Å². The smallest absolute Gasteiger partial charge is 0.208 e. The van der Waals surface area contributed by atoms with Gasteiger partial charge in [-0.25, -0.2) is 9.97 Å². The number of ether oxygens (including phenoxy) is 1. The SMILES string of the molecule is CCC(CN)CCNc1ncncc1C(=O)c1cc(C2(C3CC3)CCCO2)cs1.OS. The third kappa shape index (κ3) is 5.46. The van der Waals surface area contributed by atoms with Crippen molar-refractivity contribution in [3.05, 3.63) is 40.0 Å². The molecule has 4 N–H and O–H groups in total. The lowest BCUT2D eigenvalue weighted by atomic mass is 9.87. The van der Waals surface area contributed by atoms with Crippen molar-refractivity contribution in [2.45, 2.75) is 51.0 Å². The van der Waals surface area contributed by atoms with Crippen molar-refractivity contribution in [3.8, 4) is 0 Å². The third-order valence-electron chi connectivity index (χ3n) is 6.31. The molecule has 170 valence electrons. The van der Waals surface area contributed by atoms with Crippen LogP contribution in [0.3, 0.4) is 0 Å². The molecule has 0 amide bonds. The summed E-state index contributed by atoms with van der Waals surface area (Å²) in [6, 6.07) is 2.04. The molecule has 1 aliphatic heterocycles. The molecule has 1 aliphatic carbocycles. The van der Waals surface area contributed by atoms with E-state index in [0.717, 1.165) is 43.7 Å². The highest BCUT2D eigenvalue weighted by molar-refractivity contribution is 7.74. The minimum Gasteiger partial charge on any atom is -0.370 e. The molecular formula is C22H32N4O3S2. The summed E-state index contributed by atoms with van der Waals surface area (Å²) in [7, 11) is 0. The van der Waals surface area contributed by atoms with Crippen LogP contribution in [0.5, 0.6) is 0 Å². The van der Waals surface area contributed by atoms with Crippen molar-refractivity contribution in [1.29, 1.82) is 0 Å². The third-order valence-corrected chi connectivity index (χ3v) is 7.24. The Morgan fingerprint density at radius 2 is 2.29 bits per heavy atom. The number of nitrogens with two attached hydrogens (primary N) is 1. The number of hydrogen-bond acceptors (Lipinski definition) is 9. The number of nitrogens with zero attached hydrogens (tertiary/aromatic N) is 2. The van der Waals surface area contributed by atoms with Gasteiger partial charge in [0.05, 0.1) is 16.0 Å². The van der Waals surface area contributed by atoms with E-state index in [1.54, 1.807) is 6.20 Å². The van der Waals surface area contributed by atoms with Crippen LogP contribution in [0.2, 0.25) is 0 Å². The maximum Gasteiger partial charge on any atom is 0.208 e. The molecule has 2 aliphatic rings. The average molecular weight is 465 g/mol. The van der Waals surface area contributed by atoms with Gasteiger partial charge < -0.3 is 20.3 Å². The largest absolute Gasteiger partial charge is 0.370 e. The average Bonchev–Trinajstić information content (AvgIpc) is 3.35. The second-order valence-electron chi connectivity index (χ2n) is 8.15. The number of carbonyl (C=O) groups excluding carboxylic acids is 1. The van der Waals surface area contributed by atoms with Gasteiger partial charge in [-0.2, -0.15) is 0 Å². The van der Waals surface area contributed by atoms with E-state index >= 15 is 0 Å². The number of carbonyl (C=O) groups is 1. The Bertz CT molecular complexity index is 847. The molecule has 1 saturated carbocycles. The van der Waals surface area contributed by atoms with Gasteiger partial charge in [-0.05, 0) is 80.4 Å². The Morgan fingerprint density at radius 1 is 1.48 bits per heavy atom. The highest BCUT2D eigenvalue weighted by atomic mass is 32.1. The summed E-state index contributed by atoms with van der Waals surface area (Å²) in [6.07, 6.45) is 9.70. The molecule has 2 unspecified atom stereocenters. The number of rotatable bonds is 10. The van der Waals surface area contributed by atoms with E-state index in [2.05, 4.69) is 40.5 Å². The number of hydrogen-bond donors (Lipinski definition) is 4. The number of ketones is 1. The van der Waals surface area contributed by atoms with Crippen molar-refractivity contribution in [2.75, 3.05) is 25.0 Å². The van der Waals surface area contributed by atoms with Gasteiger partial charge in [0.25, 0.3) is 0 Å². The fourth-order valence-electron chi connectivity index (χ4n) is 4.33. The summed E-state index contributed by atoms with van der Waals surface area (Å²) < 4.78 is 12.9. The molecule has 0 bridgehead atoms. The second kappa shape index (κ2) is 11.4. The first-order chi connectivity index (χ1) is 15.2. The summed E-state index contributed by atoms with van der Waals surface area (Å²) in [5.74, 6) is 1.65. The molecule has 9 heteroatoms. The molecule has 7 nitrogen and oxygen atoms in total. The number of thiophene rings is 1. The molecule has 31 heavy (non-hydrogen) atoms. The lowest BCUT2D eigenvalue weighted by molar-refractivity contribution is -0.0190. The van der Waals surface area contributed by atoms with Crippen LogP contribution in [0, 0.1) is 11.8 Å². The molecule has 0 spiro atoms.